The Morgan fingerprint density at radius 2 is 1.96 bits per heavy atom. The van der Waals surface area contributed by atoms with Crippen molar-refractivity contribution in [1.82, 2.24) is 0 Å². The number of benzene rings is 1. The Morgan fingerprint density at radius 1 is 1.25 bits per heavy atom. The zero-order chi connectivity index (χ0) is 17.9. The average Bonchev–Trinajstić information content (AvgIpc) is 2.55. The van der Waals surface area contributed by atoms with Gasteiger partial charge in [0.25, 0.3) is 0 Å². The Balaban J connectivity index is 2.13. The summed E-state index contributed by atoms with van der Waals surface area (Å²) >= 11 is 0. The molecule has 132 valence electrons. The van der Waals surface area contributed by atoms with E-state index >= 15 is 0 Å². The summed E-state index contributed by atoms with van der Waals surface area (Å²) in [4.78, 5) is 10.4. The van der Waals surface area contributed by atoms with Crippen LogP contribution in [0.3, 0.4) is 0 Å². The summed E-state index contributed by atoms with van der Waals surface area (Å²) < 4.78 is 10.4. The maximum atomic E-state index is 12.0. The van der Waals surface area contributed by atoms with Crippen molar-refractivity contribution in [2.45, 2.75) is 30.7 Å². The minimum atomic E-state index is -1.63. The van der Waals surface area contributed by atoms with Gasteiger partial charge in [-0.2, -0.15) is 0 Å². The van der Waals surface area contributed by atoms with Gasteiger partial charge in [0, 0.05) is 6.08 Å². The Bertz CT molecular complexity index is 613. The van der Waals surface area contributed by atoms with Crippen LogP contribution in [0.5, 0.6) is 11.5 Å². The van der Waals surface area contributed by atoms with Crippen LogP contribution >= 0.6 is 0 Å². The molecule has 1 saturated heterocycles. The zero-order valence-electron chi connectivity index (χ0n) is 12.3. The lowest BCUT2D eigenvalue weighted by molar-refractivity contribution is -0.289. The molecule has 0 spiro atoms. The van der Waals surface area contributed by atoms with Crippen LogP contribution in [0.1, 0.15) is 5.56 Å². The predicted octanol–water partition coefficient (Wildman–Crippen LogP) is -1.96. The highest BCUT2D eigenvalue weighted by Gasteiger charge is 2.44. The molecule has 9 nitrogen and oxygen atoms in total. The van der Waals surface area contributed by atoms with Gasteiger partial charge in [0.1, 0.15) is 30.2 Å². The van der Waals surface area contributed by atoms with Crippen molar-refractivity contribution in [3.8, 4) is 11.5 Å². The van der Waals surface area contributed by atoms with E-state index in [2.05, 4.69) is 0 Å². The monoisotopic (exact) mass is 341 g/mol. The summed E-state index contributed by atoms with van der Waals surface area (Å²) in [6.07, 6.45) is -5.30. The molecule has 2 rings (SSSR count). The minimum absolute atomic E-state index is 0.202. The standard InChI is InChI=1S/C15H18O9/c16-6-10-12(20)13(21)14(22)15(24-10)23-9-3-1-7(5-8(9)17)2-4-11(18)19/h1-5,10,12-17,20-22H,6H2,(H,18,19)/p-1/b4-2+/t10-,12-,13+,14-,15-/m1/s1. The maximum Gasteiger partial charge on any atom is 0.328 e. The molecule has 1 heterocycles. The normalized spacial score (nSPS) is 30.4. The molecule has 0 bridgehead atoms. The number of hydrogen-bond acceptors (Lipinski definition) is 8. The number of carboxylic acid groups (broad SMARTS) is 1. The fourth-order valence-corrected chi connectivity index (χ4v) is 2.18. The molecule has 0 aliphatic carbocycles. The summed E-state index contributed by atoms with van der Waals surface area (Å²) in [7, 11) is 0. The van der Waals surface area contributed by atoms with Crippen LogP contribution in [0.4, 0.5) is 0 Å². The number of aliphatic hydroxyl groups is 4. The molecular weight excluding hydrogens is 324 g/mol. The number of aliphatic carboxylic acids is 1. The first kappa shape index (κ1) is 18.2. The van der Waals surface area contributed by atoms with Gasteiger partial charge in [-0.1, -0.05) is 17.9 Å². The molecule has 0 amide bonds. The molecular formula is C15H17O9-. The van der Waals surface area contributed by atoms with Crippen molar-refractivity contribution in [1.29, 1.82) is 0 Å². The highest BCUT2D eigenvalue weighted by molar-refractivity contribution is 5.85. The second-order valence-corrected chi connectivity index (χ2v) is 5.19. The van der Waals surface area contributed by atoms with Crippen LogP contribution in [0.2, 0.25) is 0 Å². The molecule has 1 fully saturated rings. The maximum absolute atomic E-state index is 12.0. The number of carboxylic acids is 1. The van der Waals surface area contributed by atoms with Gasteiger partial charge < -0.3 is 40.1 Å². The van der Waals surface area contributed by atoms with Gasteiger partial charge in [-0.05, 0) is 17.7 Å². The van der Waals surface area contributed by atoms with E-state index in [4.69, 9.17) is 19.7 Å². The fourth-order valence-electron chi connectivity index (χ4n) is 2.18. The molecule has 24 heavy (non-hydrogen) atoms. The van der Waals surface area contributed by atoms with Crippen LogP contribution in [0.25, 0.3) is 6.08 Å². The number of hydrogen-bond donors (Lipinski definition) is 5. The van der Waals surface area contributed by atoms with E-state index in [1.54, 1.807) is 0 Å². The molecule has 0 radical (unpaired) electrons. The van der Waals surface area contributed by atoms with Gasteiger partial charge in [-0.15, -0.1) is 0 Å². The molecule has 9 heteroatoms. The summed E-state index contributed by atoms with van der Waals surface area (Å²) in [6.45, 7) is -0.617. The Morgan fingerprint density at radius 3 is 2.54 bits per heavy atom. The highest BCUT2D eigenvalue weighted by Crippen LogP contribution is 2.29. The first-order chi connectivity index (χ1) is 11.3. The molecule has 1 aliphatic rings. The van der Waals surface area contributed by atoms with Gasteiger partial charge in [0.15, 0.2) is 0 Å². The SMILES string of the molecule is O=C(O)/C=C/c1ccc(O[C@@H]2O[C@H](CO)[C@@H](O)[C@H](O)[C@H]2O)c([O-])c1. The van der Waals surface area contributed by atoms with Crippen molar-refractivity contribution >= 4 is 12.0 Å². The van der Waals surface area contributed by atoms with Gasteiger partial charge in [0.2, 0.25) is 6.29 Å². The predicted molar refractivity (Wildman–Crippen MR) is 77.0 cm³/mol. The molecule has 0 unspecified atom stereocenters. The molecule has 1 aromatic rings. The fraction of sp³-hybridized carbons (Fsp3) is 0.400. The molecule has 5 N–H and O–H groups in total. The van der Waals surface area contributed by atoms with E-state index in [0.29, 0.717) is 5.56 Å². The molecule has 5 atom stereocenters. The zero-order valence-corrected chi connectivity index (χ0v) is 12.3. The van der Waals surface area contributed by atoms with Gasteiger partial charge in [0.05, 0.1) is 6.61 Å². The number of aliphatic hydroxyl groups excluding tert-OH is 4. The van der Waals surface area contributed by atoms with E-state index in [0.717, 1.165) is 12.1 Å². The third-order valence-electron chi connectivity index (χ3n) is 3.48. The molecule has 0 aromatic heterocycles. The molecule has 1 aliphatic heterocycles. The molecule has 1 aromatic carbocycles. The average molecular weight is 341 g/mol. The van der Waals surface area contributed by atoms with Crippen LogP contribution in [-0.4, -0.2) is 68.8 Å². The number of rotatable bonds is 5. The summed E-state index contributed by atoms with van der Waals surface area (Å²) in [5.74, 6) is -1.96. The lowest BCUT2D eigenvalue weighted by atomic mass is 9.99. The highest BCUT2D eigenvalue weighted by atomic mass is 16.7. The van der Waals surface area contributed by atoms with Crippen LogP contribution in [0, 0.1) is 0 Å². The van der Waals surface area contributed by atoms with E-state index in [-0.39, 0.29) is 5.75 Å². The second kappa shape index (κ2) is 7.60. The largest absolute Gasteiger partial charge is 0.870 e. The third kappa shape index (κ3) is 4.02. The minimum Gasteiger partial charge on any atom is -0.870 e. The lowest BCUT2D eigenvalue weighted by Gasteiger charge is -2.40. The Labute approximate surface area is 136 Å². The first-order valence-electron chi connectivity index (χ1n) is 7.02. The molecule has 0 saturated carbocycles. The second-order valence-electron chi connectivity index (χ2n) is 5.19. The number of carbonyl (C=O) groups is 1. The number of ether oxygens (including phenoxy) is 2. The lowest BCUT2D eigenvalue weighted by Crippen LogP contribution is -2.60. The van der Waals surface area contributed by atoms with Crippen molar-refractivity contribution in [2.24, 2.45) is 0 Å². The van der Waals surface area contributed by atoms with E-state index in [1.165, 1.54) is 18.2 Å². The smallest absolute Gasteiger partial charge is 0.328 e. The summed E-state index contributed by atoms with van der Waals surface area (Å²) in [5.41, 5.74) is 0.337. The van der Waals surface area contributed by atoms with Crippen molar-refractivity contribution in [3.05, 3.63) is 29.8 Å². The van der Waals surface area contributed by atoms with Crippen molar-refractivity contribution in [3.63, 3.8) is 0 Å². The van der Waals surface area contributed by atoms with E-state index < -0.39 is 49.0 Å². The van der Waals surface area contributed by atoms with Gasteiger partial charge in [-0.25, -0.2) is 4.79 Å². The first-order valence-corrected chi connectivity index (χ1v) is 7.02. The summed E-state index contributed by atoms with van der Waals surface area (Å²) in [6, 6.07) is 3.80. The van der Waals surface area contributed by atoms with Gasteiger partial charge in [-0.3, -0.25) is 0 Å². The van der Waals surface area contributed by atoms with E-state index in [1.807, 2.05) is 0 Å². The van der Waals surface area contributed by atoms with Crippen LogP contribution in [0.15, 0.2) is 24.3 Å². The van der Waals surface area contributed by atoms with Crippen LogP contribution < -0.4 is 9.84 Å². The Hall–Kier alpha value is -2.17. The summed E-state index contributed by atoms with van der Waals surface area (Å²) in [5, 5.41) is 58.8. The third-order valence-corrected chi connectivity index (χ3v) is 3.48. The van der Waals surface area contributed by atoms with Crippen molar-refractivity contribution < 1.29 is 44.9 Å². The quantitative estimate of drug-likeness (QED) is 0.383. The topological polar surface area (TPSA) is 160 Å². The van der Waals surface area contributed by atoms with Crippen LogP contribution in [-0.2, 0) is 9.53 Å². The van der Waals surface area contributed by atoms with E-state index in [9.17, 15) is 25.2 Å². The van der Waals surface area contributed by atoms with Gasteiger partial charge >= 0.3 is 5.97 Å². The Kier molecular flexibility index (Phi) is 5.75. The van der Waals surface area contributed by atoms with Crippen molar-refractivity contribution in [2.75, 3.05) is 6.61 Å².